The third-order valence-corrected chi connectivity index (χ3v) is 6.78. The Balaban J connectivity index is 2.33. The van der Waals surface area contributed by atoms with Crippen molar-refractivity contribution in [1.82, 2.24) is 4.31 Å². The van der Waals surface area contributed by atoms with Gasteiger partial charge in [-0.25, -0.2) is 8.42 Å². The van der Waals surface area contributed by atoms with Crippen LogP contribution in [0.3, 0.4) is 0 Å². The number of nitrogens with zero attached hydrogens (tertiary/aromatic N) is 1. The number of aliphatic hydroxyl groups excluding tert-OH is 1. The molecule has 0 atom stereocenters. The van der Waals surface area contributed by atoms with Crippen molar-refractivity contribution in [2.75, 3.05) is 7.05 Å². The molecule has 2 aromatic rings. The summed E-state index contributed by atoms with van der Waals surface area (Å²) in [6.45, 7) is 1.86. The second-order valence-electron chi connectivity index (χ2n) is 4.72. The summed E-state index contributed by atoms with van der Waals surface area (Å²) < 4.78 is 27.6. The van der Waals surface area contributed by atoms with Crippen LogP contribution in [-0.2, 0) is 23.2 Å². The van der Waals surface area contributed by atoms with Crippen LogP contribution in [0.25, 0.3) is 0 Å². The summed E-state index contributed by atoms with van der Waals surface area (Å²) in [7, 11) is -2.02. The molecule has 4 nitrogen and oxygen atoms in total. The minimum absolute atomic E-state index is 0.170. The number of halogens is 1. The first-order valence-corrected chi connectivity index (χ1v) is 9.36. The molecular weight excluding hydrogens is 374 g/mol. The van der Waals surface area contributed by atoms with Crippen LogP contribution in [0.1, 0.15) is 16.7 Å². The predicted molar refractivity (Wildman–Crippen MR) is 87.8 cm³/mol. The molecule has 0 fully saturated rings. The Morgan fingerprint density at radius 1 is 1.38 bits per heavy atom. The molecule has 7 heteroatoms. The molecule has 21 heavy (non-hydrogen) atoms. The number of thiophene rings is 1. The lowest BCUT2D eigenvalue weighted by molar-refractivity contribution is 0.280. The third kappa shape index (κ3) is 3.54. The molecule has 0 unspecified atom stereocenters. The monoisotopic (exact) mass is 389 g/mol. The van der Waals surface area contributed by atoms with E-state index in [0.717, 1.165) is 9.35 Å². The van der Waals surface area contributed by atoms with Crippen LogP contribution in [0.2, 0.25) is 0 Å². The van der Waals surface area contributed by atoms with Crippen LogP contribution in [0.15, 0.2) is 38.3 Å². The molecule has 0 spiro atoms. The molecule has 0 aliphatic heterocycles. The number of rotatable bonds is 5. The fraction of sp³-hybridized carbons (Fsp3) is 0.286. The van der Waals surface area contributed by atoms with E-state index < -0.39 is 10.0 Å². The molecule has 1 heterocycles. The van der Waals surface area contributed by atoms with Crippen molar-refractivity contribution in [2.45, 2.75) is 25.0 Å². The fourth-order valence-corrected chi connectivity index (χ4v) is 4.67. The first-order chi connectivity index (χ1) is 9.86. The van der Waals surface area contributed by atoms with Crippen molar-refractivity contribution in [2.24, 2.45) is 0 Å². The van der Waals surface area contributed by atoms with Gasteiger partial charge in [-0.2, -0.15) is 4.31 Å². The highest BCUT2D eigenvalue weighted by Crippen LogP contribution is 2.25. The van der Waals surface area contributed by atoms with Crippen LogP contribution >= 0.6 is 27.3 Å². The molecule has 1 aromatic carbocycles. The molecule has 114 valence electrons. The first kappa shape index (κ1) is 16.6. The van der Waals surface area contributed by atoms with E-state index in [2.05, 4.69) is 15.9 Å². The van der Waals surface area contributed by atoms with Gasteiger partial charge < -0.3 is 5.11 Å². The quantitative estimate of drug-likeness (QED) is 0.854. The van der Waals surface area contributed by atoms with Gasteiger partial charge in [-0.1, -0.05) is 12.1 Å². The van der Waals surface area contributed by atoms with Gasteiger partial charge in [-0.15, -0.1) is 11.3 Å². The van der Waals surface area contributed by atoms with Gasteiger partial charge in [-0.05, 0) is 57.1 Å². The van der Waals surface area contributed by atoms with Gasteiger partial charge in [0.05, 0.1) is 15.3 Å². The molecule has 0 aliphatic carbocycles. The van der Waals surface area contributed by atoms with E-state index in [0.29, 0.717) is 17.7 Å². The molecule has 1 aromatic heterocycles. The molecule has 0 saturated heterocycles. The van der Waals surface area contributed by atoms with Gasteiger partial charge in [0.2, 0.25) is 10.0 Å². The van der Waals surface area contributed by atoms with E-state index >= 15 is 0 Å². The van der Waals surface area contributed by atoms with Crippen molar-refractivity contribution in [3.8, 4) is 0 Å². The Morgan fingerprint density at radius 3 is 2.67 bits per heavy atom. The van der Waals surface area contributed by atoms with Crippen LogP contribution < -0.4 is 0 Å². The SMILES string of the molecule is Cc1c(CO)cccc1S(=O)(=O)N(C)Cc1csc(Br)c1. The highest BCUT2D eigenvalue weighted by molar-refractivity contribution is 9.11. The van der Waals surface area contributed by atoms with E-state index in [9.17, 15) is 13.5 Å². The van der Waals surface area contributed by atoms with Crippen LogP contribution in [0.5, 0.6) is 0 Å². The Hall–Kier alpha value is -0.730. The molecule has 0 aliphatic rings. The molecule has 0 radical (unpaired) electrons. The summed E-state index contributed by atoms with van der Waals surface area (Å²) >= 11 is 4.89. The van der Waals surface area contributed by atoms with Crippen molar-refractivity contribution < 1.29 is 13.5 Å². The second-order valence-corrected chi connectivity index (χ2v) is 9.02. The zero-order valence-electron chi connectivity index (χ0n) is 11.7. The lowest BCUT2D eigenvalue weighted by Gasteiger charge is -2.19. The van der Waals surface area contributed by atoms with Gasteiger partial charge in [0, 0.05) is 13.6 Å². The Morgan fingerprint density at radius 2 is 2.10 bits per heavy atom. The predicted octanol–water partition coefficient (Wildman–Crippen LogP) is 3.13. The largest absolute Gasteiger partial charge is 0.392 e. The maximum Gasteiger partial charge on any atom is 0.243 e. The summed E-state index contributed by atoms with van der Waals surface area (Å²) in [5.74, 6) is 0. The van der Waals surface area contributed by atoms with E-state index in [1.165, 1.54) is 15.6 Å². The summed E-state index contributed by atoms with van der Waals surface area (Å²) in [5.41, 5.74) is 2.16. The minimum atomic E-state index is -3.58. The lowest BCUT2D eigenvalue weighted by Crippen LogP contribution is -2.27. The number of aliphatic hydroxyl groups is 1. The van der Waals surface area contributed by atoms with Crippen LogP contribution in [0.4, 0.5) is 0 Å². The Kier molecular flexibility index (Phi) is 5.21. The smallest absolute Gasteiger partial charge is 0.243 e. The molecule has 2 rings (SSSR count). The molecule has 0 amide bonds. The number of hydrogen-bond acceptors (Lipinski definition) is 4. The minimum Gasteiger partial charge on any atom is -0.392 e. The first-order valence-electron chi connectivity index (χ1n) is 6.25. The van der Waals surface area contributed by atoms with Gasteiger partial charge in [0.1, 0.15) is 0 Å². The van der Waals surface area contributed by atoms with Crippen molar-refractivity contribution in [3.63, 3.8) is 0 Å². The normalized spacial score (nSPS) is 12.0. The van der Waals surface area contributed by atoms with E-state index in [1.54, 1.807) is 32.2 Å². The van der Waals surface area contributed by atoms with Gasteiger partial charge in [0.25, 0.3) is 0 Å². The summed E-state index contributed by atoms with van der Waals surface area (Å²) in [6, 6.07) is 6.86. The number of hydrogen-bond donors (Lipinski definition) is 1. The maximum absolute atomic E-state index is 12.7. The maximum atomic E-state index is 12.7. The van der Waals surface area contributed by atoms with Gasteiger partial charge in [0.15, 0.2) is 0 Å². The highest BCUT2D eigenvalue weighted by Gasteiger charge is 2.24. The zero-order valence-corrected chi connectivity index (χ0v) is 14.9. The summed E-state index contributed by atoms with van der Waals surface area (Å²) in [6.07, 6.45) is 0. The lowest BCUT2D eigenvalue weighted by atomic mass is 10.1. The second kappa shape index (κ2) is 6.58. The summed E-state index contributed by atoms with van der Waals surface area (Å²) in [4.78, 5) is 0.242. The van der Waals surface area contributed by atoms with E-state index in [-0.39, 0.29) is 11.5 Å². The Bertz CT molecular complexity index is 740. The van der Waals surface area contributed by atoms with Gasteiger partial charge in [-0.3, -0.25) is 0 Å². The third-order valence-electron chi connectivity index (χ3n) is 3.28. The van der Waals surface area contributed by atoms with Gasteiger partial charge >= 0.3 is 0 Å². The number of sulfonamides is 1. The average Bonchev–Trinajstić information content (AvgIpc) is 2.84. The molecular formula is C14H16BrNO3S2. The molecule has 0 saturated carbocycles. The van der Waals surface area contributed by atoms with E-state index in [1.807, 2.05) is 11.4 Å². The topological polar surface area (TPSA) is 57.6 Å². The van der Waals surface area contributed by atoms with Crippen molar-refractivity contribution in [1.29, 1.82) is 0 Å². The zero-order chi connectivity index (χ0) is 15.6. The van der Waals surface area contributed by atoms with Crippen LogP contribution in [0, 0.1) is 6.92 Å². The standard InChI is InChI=1S/C14H16BrNO3S2/c1-10-12(8-17)4-3-5-13(10)21(18,19)16(2)7-11-6-14(15)20-9-11/h3-6,9,17H,7-8H2,1-2H3. The van der Waals surface area contributed by atoms with E-state index in [4.69, 9.17) is 0 Å². The molecule has 0 bridgehead atoms. The van der Waals surface area contributed by atoms with Crippen molar-refractivity contribution >= 4 is 37.3 Å². The van der Waals surface area contributed by atoms with Crippen molar-refractivity contribution in [3.05, 3.63) is 50.1 Å². The fourth-order valence-electron chi connectivity index (χ4n) is 2.05. The summed E-state index contributed by atoms with van der Waals surface area (Å²) in [5, 5.41) is 11.2. The van der Waals surface area contributed by atoms with Crippen LogP contribution in [-0.4, -0.2) is 24.9 Å². The molecule has 1 N–H and O–H groups in total. The highest BCUT2D eigenvalue weighted by atomic mass is 79.9. The average molecular weight is 390 g/mol. The number of benzene rings is 1. The Labute approximate surface area is 137 Å².